The van der Waals surface area contributed by atoms with Crippen LogP contribution in [-0.4, -0.2) is 44.6 Å². The number of aliphatic hydroxyl groups excluding tert-OH is 1. The fourth-order valence-electron chi connectivity index (χ4n) is 1.43. The molecule has 0 aromatic heterocycles. The molecule has 3 N–H and O–H groups in total. The largest absolute Gasteiger partial charge is 0.480 e. The monoisotopic (exact) mass is 521 g/mol. The van der Waals surface area contributed by atoms with E-state index < -0.39 is 35.8 Å². The van der Waals surface area contributed by atoms with Gasteiger partial charge in [0.2, 0.25) is 11.3 Å². The lowest BCUT2D eigenvalue weighted by atomic mass is 10.2. The van der Waals surface area contributed by atoms with Gasteiger partial charge < -0.3 is 15.5 Å². The maximum Gasteiger partial charge on any atom is 0.328 e. The minimum absolute atomic E-state index is 0.245. The molecule has 1 rings (SSSR count). The molecule has 0 aliphatic rings. The molecule has 0 aliphatic heterocycles. The number of carbonyl (C=O) groups is 2. The smallest absolute Gasteiger partial charge is 0.328 e. The lowest BCUT2D eigenvalue weighted by molar-refractivity contribution is -0.140. The predicted molar refractivity (Wildman–Crippen MR) is 89.1 cm³/mol. The minimum atomic E-state index is -4.04. The first kappa shape index (κ1) is 19.6. The van der Waals surface area contributed by atoms with Gasteiger partial charge in [-0.25, -0.2) is 13.2 Å². The Labute approximate surface area is 151 Å². The normalized spacial score (nSPS) is 13.5. The van der Waals surface area contributed by atoms with Gasteiger partial charge in [0.1, 0.15) is 0 Å². The van der Waals surface area contributed by atoms with Crippen LogP contribution in [0.5, 0.6) is 0 Å². The third-order valence-corrected chi connectivity index (χ3v) is 7.89. The number of nitrogens with one attached hydrogen (secondary N) is 1. The summed E-state index contributed by atoms with van der Waals surface area (Å²) in [6, 6.07) is 3.75. The number of hydrogen-bond donors (Lipinski definition) is 3. The fourth-order valence-corrected chi connectivity index (χ4v) is 3.96. The summed E-state index contributed by atoms with van der Waals surface area (Å²) in [5.74, 6) is -2.37. The van der Waals surface area contributed by atoms with Gasteiger partial charge in [0.05, 0.1) is 17.1 Å². The highest BCUT2D eigenvalue weighted by Crippen LogP contribution is 2.43. The zero-order valence-corrected chi connectivity index (χ0v) is 16.2. The lowest BCUT2D eigenvalue weighted by Crippen LogP contribution is -2.43. The molecule has 0 bridgehead atoms. The summed E-state index contributed by atoms with van der Waals surface area (Å²) in [7, 11) is -4.04. The molecule has 1 aromatic rings. The molecule has 22 heavy (non-hydrogen) atoms. The van der Waals surface area contributed by atoms with E-state index in [4.69, 9.17) is 10.2 Å². The van der Waals surface area contributed by atoms with Gasteiger partial charge in [-0.1, -0.05) is 12.1 Å². The number of aliphatic carboxylic acids is 1. The Bertz CT molecular complexity index is 685. The van der Waals surface area contributed by atoms with Gasteiger partial charge in [-0.2, -0.15) is 0 Å². The first-order valence-electron chi connectivity index (χ1n) is 5.57. The maximum atomic E-state index is 12.4. The molecule has 0 fully saturated rings. The van der Waals surface area contributed by atoms with Crippen LogP contribution in [0.15, 0.2) is 29.2 Å². The molecule has 1 aromatic carbocycles. The van der Waals surface area contributed by atoms with Crippen molar-refractivity contribution in [3.8, 4) is 0 Å². The first-order valence-corrected chi connectivity index (χ1v) is 9.43. The van der Waals surface area contributed by atoms with Crippen molar-refractivity contribution in [2.24, 2.45) is 0 Å². The van der Waals surface area contributed by atoms with E-state index in [1.54, 1.807) is 0 Å². The molecule has 1 amide bonds. The zero-order chi connectivity index (χ0) is 17.1. The second-order valence-electron chi connectivity index (χ2n) is 3.99. The van der Waals surface area contributed by atoms with Crippen molar-refractivity contribution < 1.29 is 28.2 Å². The summed E-state index contributed by atoms with van der Waals surface area (Å²) < 4.78 is 23.1. The quantitative estimate of drug-likeness (QED) is 0.502. The van der Waals surface area contributed by atoms with Crippen molar-refractivity contribution in [3.05, 3.63) is 29.8 Å². The van der Waals surface area contributed by atoms with E-state index in [2.05, 4.69) is 47.8 Å². The van der Waals surface area contributed by atoms with Gasteiger partial charge in [0, 0.05) is 0 Å². The molecule has 1 atom stereocenters. The summed E-state index contributed by atoms with van der Waals surface area (Å²) in [6.07, 6.45) is 0. The molecule has 7 nitrogen and oxygen atoms in total. The summed E-state index contributed by atoms with van der Waals surface area (Å²) >= 11 is 8.66. The number of carbonyl (C=O) groups excluding carboxylic acids is 1. The van der Waals surface area contributed by atoms with E-state index in [1.807, 2.05) is 5.32 Å². The Hall–Kier alpha value is -0.490. The number of benzene rings is 1. The fraction of sp³-hybridized carbons (Fsp3) is 0.273. The number of halogens is 3. The molecule has 0 spiro atoms. The lowest BCUT2D eigenvalue weighted by Gasteiger charge is -2.17. The molecule has 0 saturated heterocycles. The highest BCUT2D eigenvalue weighted by Gasteiger charge is 2.39. The van der Waals surface area contributed by atoms with E-state index in [0.29, 0.717) is 0 Å². The maximum absolute atomic E-state index is 12.4. The number of carboxylic acid groups (broad SMARTS) is 1. The Morgan fingerprint density at radius 3 is 2.23 bits per heavy atom. The van der Waals surface area contributed by atoms with Gasteiger partial charge in [-0.05, 0) is 59.9 Å². The second-order valence-corrected chi connectivity index (χ2v) is 14.4. The molecule has 0 saturated carbocycles. The molecule has 0 radical (unpaired) electrons. The van der Waals surface area contributed by atoms with Crippen LogP contribution in [0.3, 0.4) is 0 Å². The van der Waals surface area contributed by atoms with Crippen molar-refractivity contribution >= 4 is 69.5 Å². The topological polar surface area (TPSA) is 121 Å². The van der Waals surface area contributed by atoms with Gasteiger partial charge in [0.15, 0.2) is 6.04 Å². The van der Waals surface area contributed by atoms with E-state index in [-0.39, 0.29) is 10.5 Å². The Kier molecular flexibility index (Phi) is 6.57. The predicted octanol–water partition coefficient (Wildman–Crippen LogP) is 1.43. The Balaban J connectivity index is 3.29. The molecule has 1 unspecified atom stereocenters. The average Bonchev–Trinajstić information content (AvgIpc) is 2.42. The molecule has 122 valence electrons. The number of aliphatic hydroxyl groups is 1. The van der Waals surface area contributed by atoms with E-state index in [1.165, 1.54) is 24.3 Å². The molecular weight excluding hydrogens is 514 g/mol. The Morgan fingerprint density at radius 1 is 1.23 bits per heavy atom. The van der Waals surface area contributed by atoms with Gasteiger partial charge in [-0.15, -0.1) is 0 Å². The number of carboxylic acids is 1. The van der Waals surface area contributed by atoms with Crippen LogP contribution in [0.1, 0.15) is 10.4 Å². The van der Waals surface area contributed by atoms with Crippen molar-refractivity contribution in [3.63, 3.8) is 0 Å². The van der Waals surface area contributed by atoms with Gasteiger partial charge in [-0.3, -0.25) is 4.79 Å². The third-order valence-electron chi connectivity index (χ3n) is 2.51. The van der Waals surface area contributed by atoms with Crippen LogP contribution in [0.25, 0.3) is 0 Å². The first-order chi connectivity index (χ1) is 10.0. The Morgan fingerprint density at radius 2 is 1.77 bits per heavy atom. The van der Waals surface area contributed by atoms with Crippen LogP contribution in [-0.2, 0) is 14.6 Å². The number of hydrogen-bond acceptors (Lipinski definition) is 5. The summed E-state index contributed by atoms with van der Waals surface area (Å²) in [6.45, 7) is -0.824. The van der Waals surface area contributed by atoms with Crippen molar-refractivity contribution in [2.45, 2.75) is 12.4 Å². The standard InChI is InChI=1S/C11H10Br3NO6S/c12-11(13,14)22(20,21)8-4-2-1-3-6(8)9(17)15-7(5-16)10(18)19/h1-4,7,16H,5H2,(H,15,17)(H,18,19). The highest BCUT2D eigenvalue weighted by atomic mass is 80.0. The van der Waals surface area contributed by atoms with Crippen LogP contribution < -0.4 is 5.32 Å². The zero-order valence-electron chi connectivity index (χ0n) is 10.7. The number of alkyl halides is 3. The number of amides is 1. The highest BCUT2D eigenvalue weighted by molar-refractivity contribution is 9.42. The summed E-state index contributed by atoms with van der Waals surface area (Å²) in [5.41, 5.74) is -0.245. The second kappa shape index (κ2) is 7.39. The molecule has 11 heteroatoms. The SMILES string of the molecule is O=C(NC(CO)C(=O)O)c1ccccc1S(=O)(=O)C(Br)(Br)Br. The molecular formula is C11H10Br3NO6S. The number of sulfone groups is 1. The molecule has 0 heterocycles. The van der Waals surface area contributed by atoms with Crippen molar-refractivity contribution in [1.29, 1.82) is 0 Å². The number of rotatable bonds is 5. The van der Waals surface area contributed by atoms with E-state index in [0.717, 1.165) is 0 Å². The van der Waals surface area contributed by atoms with Gasteiger partial charge in [0.25, 0.3) is 5.91 Å². The van der Waals surface area contributed by atoms with Crippen LogP contribution >= 0.6 is 47.8 Å². The summed E-state index contributed by atoms with van der Waals surface area (Å²) in [5, 5.41) is 19.8. The summed E-state index contributed by atoms with van der Waals surface area (Å²) in [4.78, 5) is 22.6. The van der Waals surface area contributed by atoms with Gasteiger partial charge >= 0.3 is 5.97 Å². The van der Waals surface area contributed by atoms with Crippen LogP contribution in [0.2, 0.25) is 0 Å². The minimum Gasteiger partial charge on any atom is -0.480 e. The average molecular weight is 524 g/mol. The van der Waals surface area contributed by atoms with Crippen molar-refractivity contribution in [1.82, 2.24) is 5.32 Å². The van der Waals surface area contributed by atoms with Crippen molar-refractivity contribution in [2.75, 3.05) is 6.61 Å². The van der Waals surface area contributed by atoms with E-state index in [9.17, 15) is 18.0 Å². The molecule has 0 aliphatic carbocycles. The van der Waals surface area contributed by atoms with E-state index >= 15 is 0 Å². The van der Waals surface area contributed by atoms with Crippen LogP contribution in [0.4, 0.5) is 0 Å². The third kappa shape index (κ3) is 4.28. The van der Waals surface area contributed by atoms with Crippen LogP contribution in [0, 0.1) is 0 Å².